The van der Waals surface area contributed by atoms with Crippen molar-refractivity contribution < 1.29 is 88.3 Å². The van der Waals surface area contributed by atoms with Gasteiger partial charge in [0.05, 0.1) is 93.0 Å². The molecule has 9 aromatic heterocycles. The van der Waals surface area contributed by atoms with E-state index in [4.69, 9.17) is 59.8 Å². The predicted molar refractivity (Wildman–Crippen MR) is 520 cm³/mol. The van der Waals surface area contributed by atoms with Gasteiger partial charge in [0.15, 0.2) is 6.29 Å². The van der Waals surface area contributed by atoms with Gasteiger partial charge in [-0.3, -0.25) is 4.79 Å². The van der Waals surface area contributed by atoms with E-state index in [0.29, 0.717) is 72.7 Å². The van der Waals surface area contributed by atoms with E-state index in [9.17, 15) is 35.1 Å². The normalized spacial score (nSPS) is 12.4. The summed E-state index contributed by atoms with van der Waals surface area (Å²) in [6.07, 6.45) is 30.8. The van der Waals surface area contributed by atoms with Crippen LogP contribution in [0.1, 0.15) is 117 Å². The standard InChI is InChI=1S/2C36H22N5O2.C33H21N4O.C5H11N.CH4.3Zn/c2*37-21-24(36(42)43)19-27-28-15-17-32(40-28)34(22-7-3-1-4-8-22)30-13-11-25(38-30)20-26-12-14-31(39-26)35(23-9-5-2-6-10-23)33-18-16-29(27)41-33;38-20-25-26-15-17-30(36-26)32(21-7-3-1-4-8-21)28-13-11-23(34-28)19-24-12-14-29(35-24)33(22-9-5-2-6-10-22)31-18-16-27(25)37-31;1-2-4-6-5-3-1;;;;/h2*1-20H,(H2-,38,39,40,41,42,43);1-20H,(H-,34,35,36,37,38);6H,1-5H2;1H4;;;/q3*-1;;;3*+2/p-3/b2*24-19+,25-20?,26-20?,28-27?,29-27?,34-30?,34-32?,35-31?,35-33?;;;;;;. The fourth-order valence-electron chi connectivity index (χ4n) is 16.4. The van der Waals surface area contributed by atoms with E-state index >= 15 is 0 Å². The van der Waals surface area contributed by atoms with Crippen molar-refractivity contribution in [1.29, 1.82) is 10.5 Å². The minimum absolute atomic E-state index is 0. The van der Waals surface area contributed by atoms with E-state index in [1.807, 2.05) is 334 Å². The maximum Gasteiger partial charge on any atom is 2.00 e. The summed E-state index contributed by atoms with van der Waals surface area (Å²) < 4.78 is 0. The number of carboxylic acids is 2. The maximum absolute atomic E-state index is 12.4. The second kappa shape index (κ2) is 42.3. The molecule has 134 heavy (non-hydrogen) atoms. The first-order chi connectivity index (χ1) is 63.9. The predicted octanol–water partition coefficient (Wildman–Crippen LogP) is 20.6. The summed E-state index contributed by atoms with van der Waals surface area (Å²) in [7, 11) is 0. The zero-order valence-corrected chi connectivity index (χ0v) is 80.6. The molecule has 15 aromatic rings. The molecule has 6 aromatic carbocycles. The molecule has 1 fully saturated rings. The van der Waals surface area contributed by atoms with Crippen molar-refractivity contribution in [3.63, 3.8) is 0 Å². The smallest absolute Gasteiger partial charge is 0.657 e. The second-order valence-corrected chi connectivity index (χ2v) is 30.9. The Bertz CT molecular complexity index is 7520. The number of nitrogens with zero attached hydrogens (tertiary/aromatic N) is 14. The van der Waals surface area contributed by atoms with Crippen molar-refractivity contribution in [2.24, 2.45) is 0 Å². The Balaban J connectivity index is 0.000000146. The first kappa shape index (κ1) is 92.7. The van der Waals surface area contributed by atoms with Crippen LogP contribution in [0.15, 0.2) is 284 Å². The summed E-state index contributed by atoms with van der Waals surface area (Å²) >= 11 is 0. The third-order valence-corrected chi connectivity index (χ3v) is 22.5. The number of nitriles is 2. The van der Waals surface area contributed by atoms with Gasteiger partial charge in [0.1, 0.15) is 17.7 Å². The van der Waals surface area contributed by atoms with Crippen molar-refractivity contribution in [3.05, 3.63) is 369 Å². The molecule has 22 rings (SSSR count). The SMILES string of the molecule is C.C1CC[NH2+]CC1.N#C/C(=C\c1c2nc(c(-c3ccccc3)c3ccc(cc4nc(c(-c5ccccc5)c5ccc1[n-]5)C=C4)[n-]3)C=C2)C(=O)O.N#C/C(=C\c1c2nc(c(-c3ccccc3)c3ccc(cc4nc(c(-c5ccccc5)c5ccc1[n-]5)C=C4)[n-]3)C=C2)C(=O)[O-].O=Cc1c2nc(c(-c3ccccc3)c3ccc(cc4nc(c(-c5ccccc5)c5ccc1[n-]5)C=C4)[n-]3)C=C2.[Zn+2].[Zn+2].[Zn+2]. The summed E-state index contributed by atoms with van der Waals surface area (Å²) in [5.41, 5.74) is 27.5. The van der Waals surface area contributed by atoms with Gasteiger partial charge in [0.2, 0.25) is 0 Å². The van der Waals surface area contributed by atoms with Gasteiger partial charge in [-0.05, 0) is 182 Å². The van der Waals surface area contributed by atoms with Crippen LogP contribution in [0.2, 0.25) is 0 Å². The molecule has 16 heterocycles. The Morgan fingerprint density at radius 2 is 0.560 bits per heavy atom. The molecule has 0 saturated carbocycles. The molecular formula is C111H77N15O5Zn3. The summed E-state index contributed by atoms with van der Waals surface area (Å²) in [6.45, 7) is 2.75. The Hall–Kier alpha value is -16.0. The number of fused-ring (bicyclic) bond motifs is 24. The Labute approximate surface area is 809 Å². The van der Waals surface area contributed by atoms with Crippen LogP contribution in [-0.2, 0) is 68.0 Å². The molecule has 0 amide bonds. The van der Waals surface area contributed by atoms with Gasteiger partial charge in [0, 0.05) is 5.56 Å². The van der Waals surface area contributed by atoms with Gasteiger partial charge in [-0.1, -0.05) is 280 Å². The third-order valence-electron chi connectivity index (χ3n) is 22.5. The van der Waals surface area contributed by atoms with Crippen molar-refractivity contribution in [2.45, 2.75) is 26.7 Å². The number of quaternary nitrogens is 1. The van der Waals surface area contributed by atoms with Gasteiger partial charge in [-0.2, -0.15) is 10.5 Å². The van der Waals surface area contributed by atoms with E-state index in [2.05, 4.69) is 5.32 Å². The molecule has 20 nitrogen and oxygen atoms in total. The number of aromatic nitrogens is 12. The molecule has 0 unspecified atom stereocenters. The van der Waals surface area contributed by atoms with Gasteiger partial charge in [0.25, 0.3) is 0 Å². The molecule has 24 bridgehead atoms. The van der Waals surface area contributed by atoms with Crippen molar-refractivity contribution in [2.75, 3.05) is 13.1 Å². The number of aldehydes is 1. The minimum atomic E-state index is -1.58. The average Bonchev–Trinajstić information content (AvgIpc) is 1.64. The van der Waals surface area contributed by atoms with Crippen LogP contribution in [0.25, 0.3) is 218 Å². The molecule has 23 heteroatoms. The number of carboxylic acid groups (broad SMARTS) is 2. The van der Waals surface area contributed by atoms with Gasteiger partial charge in [-0.15, -0.1) is 66.2 Å². The summed E-state index contributed by atoms with van der Waals surface area (Å²) in [5.74, 6) is -2.90. The molecule has 3 N–H and O–H groups in total. The molecule has 0 spiro atoms. The molecule has 0 radical (unpaired) electrons. The summed E-state index contributed by atoms with van der Waals surface area (Å²) in [5, 5.41) is 43.1. The monoisotopic (exact) mass is 1890 g/mol. The van der Waals surface area contributed by atoms with Crippen LogP contribution in [0.3, 0.4) is 0 Å². The van der Waals surface area contributed by atoms with Gasteiger partial charge >= 0.3 is 64.4 Å². The number of rotatable bonds is 11. The van der Waals surface area contributed by atoms with E-state index in [1.54, 1.807) is 24.3 Å². The number of hydrogen-bond acceptors (Lipinski definition) is 12. The molecule has 0 atom stereocenters. The fourth-order valence-corrected chi connectivity index (χ4v) is 16.4. The second-order valence-electron chi connectivity index (χ2n) is 30.9. The summed E-state index contributed by atoms with van der Waals surface area (Å²) in [6, 6.07) is 91.9. The van der Waals surface area contributed by atoms with Crippen LogP contribution < -0.4 is 40.3 Å². The van der Waals surface area contributed by atoms with Crippen LogP contribution in [0.5, 0.6) is 0 Å². The largest absolute Gasteiger partial charge is 2.00 e. The van der Waals surface area contributed by atoms with E-state index in [-0.39, 0.29) is 65.9 Å². The van der Waals surface area contributed by atoms with E-state index < -0.39 is 23.1 Å². The molecule has 7 aliphatic heterocycles. The van der Waals surface area contributed by atoms with Crippen LogP contribution in [0.4, 0.5) is 0 Å². The van der Waals surface area contributed by atoms with E-state index in [0.717, 1.165) is 152 Å². The van der Waals surface area contributed by atoms with Gasteiger partial charge < -0.3 is 50.2 Å². The zero-order chi connectivity index (χ0) is 88.4. The Kier molecular flexibility index (Phi) is 29.3. The van der Waals surface area contributed by atoms with Gasteiger partial charge in [-0.25, -0.2) is 34.7 Å². The zero-order valence-electron chi connectivity index (χ0n) is 71.7. The van der Waals surface area contributed by atoms with Crippen molar-refractivity contribution in [3.8, 4) is 78.9 Å². The summed E-state index contributed by atoms with van der Waals surface area (Å²) in [4.78, 5) is 95.1. The number of piperidine rings is 1. The average molecular weight is 1900 g/mol. The van der Waals surface area contributed by atoms with Crippen molar-refractivity contribution in [1.82, 2.24) is 59.8 Å². The number of aliphatic carboxylic acids is 2. The number of nitrogens with two attached hydrogens (primary N) is 1. The minimum Gasteiger partial charge on any atom is -0.657 e. The van der Waals surface area contributed by atoms with Crippen LogP contribution >= 0.6 is 0 Å². The number of carbonyl (C=O) groups is 3. The number of hydrogen-bond donors (Lipinski definition) is 2. The number of carbonyl (C=O) groups excluding carboxylic acids is 2. The molecule has 7 aliphatic rings. The first-order valence-electron chi connectivity index (χ1n) is 42.3. The molecule has 0 aliphatic carbocycles. The maximum atomic E-state index is 12.4. The number of benzene rings is 6. The first-order valence-corrected chi connectivity index (χ1v) is 42.3. The Morgan fingerprint density at radius 3 is 0.821 bits per heavy atom. The van der Waals surface area contributed by atoms with Crippen LogP contribution in [-0.4, -0.2) is 66.3 Å². The van der Waals surface area contributed by atoms with Crippen molar-refractivity contribution >= 4 is 169 Å². The third kappa shape index (κ3) is 20.1. The molecular weight excluding hydrogens is 1820 g/mol. The quantitative estimate of drug-likeness (QED) is 0.0526. The molecule has 1 saturated heterocycles. The Morgan fingerprint density at radius 1 is 0.313 bits per heavy atom. The fraction of sp³-hybridized carbons (Fsp3) is 0.0541. The van der Waals surface area contributed by atoms with E-state index in [1.165, 1.54) is 44.5 Å². The molecule has 632 valence electrons. The topological polar surface area (TPSA) is 321 Å². The van der Waals surface area contributed by atoms with Crippen LogP contribution in [0, 0.1) is 22.7 Å².